The molecule has 0 spiro atoms. The largest absolute Gasteiger partial charge is 0.381 e. The van der Waals surface area contributed by atoms with Crippen molar-refractivity contribution in [3.05, 3.63) is 0 Å². The zero-order chi connectivity index (χ0) is 9.14. The summed E-state index contributed by atoms with van der Waals surface area (Å²) in [5.41, 5.74) is 4.77. The Morgan fingerprint density at radius 1 is 1.58 bits per heavy atom. The number of nitrogens with two attached hydrogens (primary N) is 1. The molecule has 1 aliphatic rings. The number of carbonyl (C=O) groups excluding carboxylic acids is 2. The summed E-state index contributed by atoms with van der Waals surface area (Å²) < 4.78 is 0. The topological polar surface area (TPSA) is 92.4 Å². The van der Waals surface area contributed by atoms with E-state index in [1.807, 2.05) is 0 Å². The van der Waals surface area contributed by atoms with Crippen molar-refractivity contribution in [2.75, 3.05) is 6.54 Å². The van der Waals surface area contributed by atoms with Gasteiger partial charge in [0.2, 0.25) is 11.8 Å². The SMILES string of the molecule is NC(=O)C(O)CNC(=O)C1CC1. The molecule has 1 aliphatic carbocycles. The second-order valence-electron chi connectivity index (χ2n) is 2.94. The van der Waals surface area contributed by atoms with Crippen molar-refractivity contribution in [1.29, 1.82) is 0 Å². The lowest BCUT2D eigenvalue weighted by Gasteiger charge is -2.07. The fourth-order valence-corrected chi connectivity index (χ4v) is 0.788. The van der Waals surface area contributed by atoms with E-state index in [0.29, 0.717) is 0 Å². The van der Waals surface area contributed by atoms with Gasteiger partial charge in [-0.25, -0.2) is 0 Å². The van der Waals surface area contributed by atoms with Crippen molar-refractivity contribution in [1.82, 2.24) is 5.32 Å². The van der Waals surface area contributed by atoms with Crippen LogP contribution in [-0.4, -0.2) is 29.6 Å². The van der Waals surface area contributed by atoms with Gasteiger partial charge in [-0.3, -0.25) is 9.59 Å². The molecule has 0 radical (unpaired) electrons. The maximum Gasteiger partial charge on any atom is 0.248 e. The molecule has 68 valence electrons. The summed E-state index contributed by atoms with van der Waals surface area (Å²) in [6, 6.07) is 0. The lowest BCUT2D eigenvalue weighted by Crippen LogP contribution is -2.40. The average molecular weight is 172 g/mol. The number of hydrogen-bond acceptors (Lipinski definition) is 3. The molecule has 0 aromatic rings. The van der Waals surface area contributed by atoms with E-state index in [1.54, 1.807) is 0 Å². The van der Waals surface area contributed by atoms with Gasteiger partial charge in [-0.05, 0) is 12.8 Å². The van der Waals surface area contributed by atoms with Gasteiger partial charge in [0.15, 0.2) is 0 Å². The molecule has 1 saturated carbocycles. The van der Waals surface area contributed by atoms with Crippen LogP contribution < -0.4 is 11.1 Å². The molecule has 12 heavy (non-hydrogen) atoms. The van der Waals surface area contributed by atoms with Crippen LogP contribution in [0.5, 0.6) is 0 Å². The van der Waals surface area contributed by atoms with Gasteiger partial charge >= 0.3 is 0 Å². The Labute approximate surface area is 69.9 Å². The smallest absolute Gasteiger partial charge is 0.248 e. The molecule has 0 aliphatic heterocycles. The zero-order valence-electron chi connectivity index (χ0n) is 6.62. The number of carbonyl (C=O) groups is 2. The number of rotatable bonds is 4. The van der Waals surface area contributed by atoms with E-state index in [0.717, 1.165) is 12.8 Å². The monoisotopic (exact) mass is 172 g/mol. The number of aliphatic hydroxyl groups excluding tert-OH is 1. The summed E-state index contributed by atoms with van der Waals surface area (Å²) in [6.45, 7) is -0.0787. The van der Waals surface area contributed by atoms with E-state index in [2.05, 4.69) is 5.32 Å². The molecule has 0 heterocycles. The highest BCUT2D eigenvalue weighted by molar-refractivity contribution is 5.83. The van der Waals surface area contributed by atoms with E-state index in [-0.39, 0.29) is 18.4 Å². The number of hydrogen-bond donors (Lipinski definition) is 3. The quantitative estimate of drug-likeness (QED) is 0.474. The van der Waals surface area contributed by atoms with Gasteiger partial charge in [0.05, 0.1) is 6.54 Å². The van der Waals surface area contributed by atoms with Gasteiger partial charge in [-0.1, -0.05) is 0 Å². The van der Waals surface area contributed by atoms with Crippen LogP contribution in [0.25, 0.3) is 0 Å². The standard InChI is InChI=1S/C7H12N2O3/c8-6(11)5(10)3-9-7(12)4-1-2-4/h4-5,10H,1-3H2,(H2,8,11)(H,9,12). The summed E-state index contributed by atoms with van der Waals surface area (Å²) in [4.78, 5) is 21.3. The molecule has 1 rings (SSSR count). The van der Waals surface area contributed by atoms with Crippen LogP contribution in [0.15, 0.2) is 0 Å². The Balaban J connectivity index is 2.15. The Morgan fingerprint density at radius 3 is 2.58 bits per heavy atom. The molecular formula is C7H12N2O3. The van der Waals surface area contributed by atoms with Crippen molar-refractivity contribution in [2.24, 2.45) is 11.7 Å². The number of amides is 2. The summed E-state index contributed by atoms with van der Waals surface area (Å²) >= 11 is 0. The van der Waals surface area contributed by atoms with Crippen LogP contribution in [0, 0.1) is 5.92 Å². The molecule has 0 bridgehead atoms. The van der Waals surface area contributed by atoms with Crippen LogP contribution in [0.3, 0.4) is 0 Å². The molecule has 5 nitrogen and oxygen atoms in total. The number of primary amides is 1. The summed E-state index contributed by atoms with van der Waals surface area (Å²) in [7, 11) is 0. The normalized spacial score (nSPS) is 18.4. The van der Waals surface area contributed by atoms with E-state index in [9.17, 15) is 9.59 Å². The molecule has 5 heteroatoms. The minimum atomic E-state index is -1.27. The highest BCUT2D eigenvalue weighted by Crippen LogP contribution is 2.28. The van der Waals surface area contributed by atoms with Gasteiger partial charge in [-0.2, -0.15) is 0 Å². The van der Waals surface area contributed by atoms with E-state index < -0.39 is 12.0 Å². The van der Waals surface area contributed by atoms with Crippen LogP contribution in [0.2, 0.25) is 0 Å². The van der Waals surface area contributed by atoms with E-state index >= 15 is 0 Å². The average Bonchev–Trinajstić information content (AvgIpc) is 2.81. The van der Waals surface area contributed by atoms with Gasteiger partial charge in [0.25, 0.3) is 0 Å². The molecule has 1 unspecified atom stereocenters. The first-order valence-corrected chi connectivity index (χ1v) is 3.86. The molecule has 4 N–H and O–H groups in total. The first-order valence-electron chi connectivity index (χ1n) is 3.86. The van der Waals surface area contributed by atoms with Crippen molar-refractivity contribution in [3.8, 4) is 0 Å². The van der Waals surface area contributed by atoms with Gasteiger partial charge < -0.3 is 16.2 Å². The fraction of sp³-hybridized carbons (Fsp3) is 0.714. The highest BCUT2D eigenvalue weighted by atomic mass is 16.3. The van der Waals surface area contributed by atoms with Crippen molar-refractivity contribution in [2.45, 2.75) is 18.9 Å². The first-order chi connectivity index (χ1) is 5.61. The van der Waals surface area contributed by atoms with Crippen molar-refractivity contribution in [3.63, 3.8) is 0 Å². The number of aliphatic hydroxyl groups is 1. The van der Waals surface area contributed by atoms with Gasteiger partial charge in [0.1, 0.15) is 6.10 Å². The second-order valence-corrected chi connectivity index (χ2v) is 2.94. The third-order valence-corrected chi connectivity index (χ3v) is 1.75. The second kappa shape index (κ2) is 3.53. The van der Waals surface area contributed by atoms with Crippen LogP contribution in [0.1, 0.15) is 12.8 Å². The Kier molecular flexibility index (Phi) is 2.65. The highest BCUT2D eigenvalue weighted by Gasteiger charge is 2.29. The maximum atomic E-state index is 11.0. The van der Waals surface area contributed by atoms with Gasteiger partial charge in [-0.15, -0.1) is 0 Å². The third-order valence-electron chi connectivity index (χ3n) is 1.75. The molecule has 0 aromatic carbocycles. The molecule has 0 aromatic heterocycles. The molecule has 1 fully saturated rings. The Morgan fingerprint density at radius 2 is 2.17 bits per heavy atom. The fourth-order valence-electron chi connectivity index (χ4n) is 0.788. The molecular weight excluding hydrogens is 160 g/mol. The van der Waals surface area contributed by atoms with Crippen LogP contribution in [-0.2, 0) is 9.59 Å². The third kappa shape index (κ3) is 2.50. The Hall–Kier alpha value is -1.10. The first kappa shape index (κ1) is 8.99. The molecule has 0 saturated heterocycles. The van der Waals surface area contributed by atoms with Crippen LogP contribution in [0.4, 0.5) is 0 Å². The summed E-state index contributed by atoms with van der Waals surface area (Å²) in [5, 5.41) is 11.3. The maximum absolute atomic E-state index is 11.0. The summed E-state index contributed by atoms with van der Waals surface area (Å²) in [5.74, 6) is -0.827. The lowest BCUT2D eigenvalue weighted by molar-refractivity contribution is -0.127. The Bertz CT molecular complexity index is 201. The summed E-state index contributed by atoms with van der Waals surface area (Å²) in [6.07, 6.45) is 0.532. The predicted molar refractivity (Wildman–Crippen MR) is 40.9 cm³/mol. The minimum absolute atomic E-state index is 0.0787. The van der Waals surface area contributed by atoms with Gasteiger partial charge in [0, 0.05) is 5.92 Å². The van der Waals surface area contributed by atoms with E-state index in [1.165, 1.54) is 0 Å². The van der Waals surface area contributed by atoms with Crippen LogP contribution >= 0.6 is 0 Å². The lowest BCUT2D eigenvalue weighted by atomic mass is 10.3. The molecule has 1 atom stereocenters. The zero-order valence-corrected chi connectivity index (χ0v) is 6.62. The van der Waals surface area contributed by atoms with Crippen molar-refractivity contribution < 1.29 is 14.7 Å². The van der Waals surface area contributed by atoms with E-state index in [4.69, 9.17) is 10.8 Å². The minimum Gasteiger partial charge on any atom is -0.381 e. The number of nitrogens with one attached hydrogen (secondary N) is 1. The molecule has 2 amide bonds. The predicted octanol–water partition coefficient (Wildman–Crippen LogP) is -1.64. The van der Waals surface area contributed by atoms with Crippen molar-refractivity contribution >= 4 is 11.8 Å².